The number of hydrogen-bond donors (Lipinski definition) is 1. The van der Waals surface area contributed by atoms with Gasteiger partial charge in [-0.3, -0.25) is 0 Å². The lowest BCUT2D eigenvalue weighted by Crippen LogP contribution is -2.27. The van der Waals surface area contributed by atoms with Gasteiger partial charge in [-0.15, -0.1) is 0 Å². The summed E-state index contributed by atoms with van der Waals surface area (Å²) in [4.78, 5) is 0. The third kappa shape index (κ3) is 3.19. The average molecular weight is 279 g/mol. The molecule has 2 atom stereocenters. The van der Waals surface area contributed by atoms with Crippen molar-refractivity contribution < 1.29 is 0 Å². The molecule has 2 unspecified atom stereocenters. The fourth-order valence-electron chi connectivity index (χ4n) is 3.37. The molecule has 21 heavy (non-hydrogen) atoms. The number of nitrogens with one attached hydrogen (secondary N) is 1. The second-order valence-electron chi connectivity index (χ2n) is 6.13. The minimum atomic E-state index is 0.395. The summed E-state index contributed by atoms with van der Waals surface area (Å²) >= 11 is 0. The van der Waals surface area contributed by atoms with Crippen LogP contribution in [-0.4, -0.2) is 0 Å². The zero-order valence-corrected chi connectivity index (χ0v) is 13.1. The molecule has 0 amide bonds. The molecule has 0 spiro atoms. The van der Waals surface area contributed by atoms with Crippen molar-refractivity contribution in [1.82, 2.24) is 5.32 Å². The van der Waals surface area contributed by atoms with Gasteiger partial charge in [0.25, 0.3) is 0 Å². The Kier molecular flexibility index (Phi) is 4.40. The number of aryl methyl sites for hydroxylation is 2. The van der Waals surface area contributed by atoms with Crippen LogP contribution < -0.4 is 5.32 Å². The van der Waals surface area contributed by atoms with Crippen LogP contribution in [0.4, 0.5) is 0 Å². The molecule has 0 radical (unpaired) electrons. The van der Waals surface area contributed by atoms with Crippen molar-refractivity contribution in [1.29, 1.82) is 0 Å². The maximum atomic E-state index is 3.83. The molecule has 0 aromatic heterocycles. The smallest absolute Gasteiger partial charge is 0.0328 e. The van der Waals surface area contributed by atoms with Gasteiger partial charge in [0.05, 0.1) is 0 Å². The lowest BCUT2D eigenvalue weighted by Gasteiger charge is -2.29. The molecule has 2 aromatic rings. The molecule has 0 saturated heterocycles. The minimum absolute atomic E-state index is 0.395. The van der Waals surface area contributed by atoms with Crippen molar-refractivity contribution in [3.63, 3.8) is 0 Å². The summed E-state index contributed by atoms with van der Waals surface area (Å²) in [6, 6.07) is 18.8. The number of rotatable bonds is 4. The summed E-state index contributed by atoms with van der Waals surface area (Å²) in [5, 5.41) is 3.83. The Bertz CT molecular complexity index is 585. The van der Waals surface area contributed by atoms with Crippen LogP contribution in [0.5, 0.6) is 0 Å². The van der Waals surface area contributed by atoms with Crippen LogP contribution in [0, 0.1) is 0 Å². The van der Waals surface area contributed by atoms with Crippen LogP contribution in [0.15, 0.2) is 48.5 Å². The van der Waals surface area contributed by atoms with Crippen LogP contribution in [0.1, 0.15) is 61.0 Å². The summed E-state index contributed by atoms with van der Waals surface area (Å²) in [5.74, 6) is 0. The molecule has 0 bridgehead atoms. The van der Waals surface area contributed by atoms with Crippen molar-refractivity contribution in [3.05, 3.63) is 70.8 Å². The third-order valence-corrected chi connectivity index (χ3v) is 4.71. The van der Waals surface area contributed by atoms with Crippen LogP contribution in [0.2, 0.25) is 0 Å². The van der Waals surface area contributed by atoms with Crippen LogP contribution in [0.25, 0.3) is 0 Å². The summed E-state index contributed by atoms with van der Waals surface area (Å²) in [5.41, 5.74) is 5.82. The molecule has 1 aliphatic carbocycles. The van der Waals surface area contributed by atoms with Gasteiger partial charge in [-0.1, -0.05) is 55.5 Å². The molecule has 1 heteroatoms. The average Bonchev–Trinajstić information content (AvgIpc) is 2.55. The van der Waals surface area contributed by atoms with E-state index in [1.54, 1.807) is 0 Å². The molecule has 2 aromatic carbocycles. The highest BCUT2D eigenvalue weighted by atomic mass is 14.9. The van der Waals surface area contributed by atoms with Gasteiger partial charge >= 0.3 is 0 Å². The Balaban J connectivity index is 1.74. The molecule has 1 N–H and O–H groups in total. The molecule has 0 heterocycles. The highest BCUT2D eigenvalue weighted by Crippen LogP contribution is 2.31. The number of fused-ring (bicyclic) bond motifs is 1. The first-order valence-electron chi connectivity index (χ1n) is 8.20. The van der Waals surface area contributed by atoms with E-state index in [1.165, 1.54) is 41.5 Å². The second kappa shape index (κ2) is 6.44. The maximum Gasteiger partial charge on any atom is 0.0328 e. The summed E-state index contributed by atoms with van der Waals surface area (Å²) in [7, 11) is 0. The van der Waals surface area contributed by atoms with E-state index < -0.39 is 0 Å². The van der Waals surface area contributed by atoms with E-state index in [-0.39, 0.29) is 0 Å². The van der Waals surface area contributed by atoms with E-state index in [0.29, 0.717) is 12.1 Å². The van der Waals surface area contributed by atoms with E-state index in [4.69, 9.17) is 0 Å². The minimum Gasteiger partial charge on any atom is -0.303 e. The van der Waals surface area contributed by atoms with Gasteiger partial charge in [0, 0.05) is 12.1 Å². The van der Waals surface area contributed by atoms with Gasteiger partial charge in [-0.2, -0.15) is 0 Å². The van der Waals surface area contributed by atoms with Crippen molar-refractivity contribution in [2.45, 2.75) is 51.6 Å². The first-order valence-corrected chi connectivity index (χ1v) is 8.20. The molecule has 0 saturated carbocycles. The van der Waals surface area contributed by atoms with Gasteiger partial charge in [-0.05, 0) is 54.9 Å². The first-order chi connectivity index (χ1) is 10.3. The van der Waals surface area contributed by atoms with E-state index in [1.807, 2.05) is 0 Å². The molecule has 0 fully saturated rings. The highest BCUT2D eigenvalue weighted by Gasteiger charge is 2.21. The second-order valence-corrected chi connectivity index (χ2v) is 6.13. The van der Waals surface area contributed by atoms with Gasteiger partial charge in [0.1, 0.15) is 0 Å². The topological polar surface area (TPSA) is 12.0 Å². The third-order valence-electron chi connectivity index (χ3n) is 4.71. The van der Waals surface area contributed by atoms with Crippen molar-refractivity contribution >= 4 is 0 Å². The standard InChI is InChI=1S/C20H25N/c1-3-16-11-13-17(14-12-16)15(2)21-20-10-6-8-18-7-4-5-9-19(18)20/h4-5,7,9,11-15,20-21H,3,6,8,10H2,1-2H3. The number of hydrogen-bond acceptors (Lipinski definition) is 1. The predicted octanol–water partition coefficient (Wildman–Crippen LogP) is 4.98. The molecule has 1 nitrogen and oxygen atoms in total. The SMILES string of the molecule is CCc1ccc(C(C)NC2CCCc3ccccc32)cc1. The van der Waals surface area contributed by atoms with E-state index in [9.17, 15) is 0 Å². The van der Waals surface area contributed by atoms with Gasteiger partial charge in [0.2, 0.25) is 0 Å². The Morgan fingerprint density at radius 3 is 2.62 bits per heavy atom. The van der Waals surface area contributed by atoms with E-state index in [0.717, 1.165) is 6.42 Å². The van der Waals surface area contributed by atoms with Crippen molar-refractivity contribution in [2.75, 3.05) is 0 Å². The fraction of sp³-hybridized carbons (Fsp3) is 0.400. The Labute approximate surface area is 128 Å². The maximum absolute atomic E-state index is 3.83. The normalized spacial score (nSPS) is 19.0. The molecular formula is C20H25N. The molecule has 1 aliphatic rings. The van der Waals surface area contributed by atoms with E-state index >= 15 is 0 Å². The van der Waals surface area contributed by atoms with Gasteiger partial charge in [0.15, 0.2) is 0 Å². The van der Waals surface area contributed by atoms with Crippen molar-refractivity contribution in [2.24, 2.45) is 0 Å². The fourth-order valence-corrected chi connectivity index (χ4v) is 3.37. The first kappa shape index (κ1) is 14.3. The van der Waals surface area contributed by atoms with Gasteiger partial charge in [-0.25, -0.2) is 0 Å². The van der Waals surface area contributed by atoms with Crippen molar-refractivity contribution in [3.8, 4) is 0 Å². The Morgan fingerprint density at radius 2 is 1.86 bits per heavy atom. The highest BCUT2D eigenvalue weighted by molar-refractivity contribution is 5.33. The summed E-state index contributed by atoms with van der Waals surface area (Å²) < 4.78 is 0. The molecule has 110 valence electrons. The predicted molar refractivity (Wildman–Crippen MR) is 89.5 cm³/mol. The zero-order valence-electron chi connectivity index (χ0n) is 13.1. The van der Waals surface area contributed by atoms with Crippen LogP contribution in [-0.2, 0) is 12.8 Å². The molecule has 0 aliphatic heterocycles. The van der Waals surface area contributed by atoms with Crippen LogP contribution in [0.3, 0.4) is 0 Å². The Hall–Kier alpha value is -1.60. The molecular weight excluding hydrogens is 254 g/mol. The summed E-state index contributed by atoms with van der Waals surface area (Å²) in [6.07, 6.45) is 4.87. The van der Waals surface area contributed by atoms with Gasteiger partial charge < -0.3 is 5.32 Å². The monoisotopic (exact) mass is 279 g/mol. The lowest BCUT2D eigenvalue weighted by molar-refractivity contribution is 0.415. The Morgan fingerprint density at radius 1 is 1.10 bits per heavy atom. The number of benzene rings is 2. The lowest BCUT2D eigenvalue weighted by atomic mass is 9.87. The largest absolute Gasteiger partial charge is 0.303 e. The summed E-state index contributed by atoms with van der Waals surface area (Å²) in [6.45, 7) is 4.48. The quantitative estimate of drug-likeness (QED) is 0.832. The zero-order chi connectivity index (χ0) is 14.7. The van der Waals surface area contributed by atoms with Crippen LogP contribution >= 0.6 is 0 Å². The van der Waals surface area contributed by atoms with E-state index in [2.05, 4.69) is 67.7 Å². The molecule has 3 rings (SSSR count).